The molecule has 2 rings (SSSR count). The second kappa shape index (κ2) is 4.47. The average molecular weight is 192 g/mol. The number of terminal acetylenes is 1. The fraction of sp³-hybridized carbons (Fsp3) is 0.727. The van der Waals surface area contributed by atoms with Crippen LogP contribution in [-0.2, 0) is 4.84 Å². The summed E-state index contributed by atoms with van der Waals surface area (Å²) in [6, 6.07) is 0. The van der Waals surface area contributed by atoms with Gasteiger partial charge in [-0.1, -0.05) is 5.16 Å². The third-order valence-corrected chi connectivity index (χ3v) is 2.87. The average Bonchev–Trinajstić information content (AvgIpc) is 2.79. The van der Waals surface area contributed by atoms with Gasteiger partial charge in [-0.3, -0.25) is 4.90 Å². The summed E-state index contributed by atoms with van der Waals surface area (Å²) < 4.78 is 0. The molecular formula is C11H16N2O. The Bertz CT molecular complexity index is 267. The van der Waals surface area contributed by atoms with E-state index in [0.29, 0.717) is 12.5 Å². The van der Waals surface area contributed by atoms with Gasteiger partial charge in [-0.2, -0.15) is 0 Å². The topological polar surface area (TPSA) is 24.8 Å². The van der Waals surface area contributed by atoms with Crippen molar-refractivity contribution in [2.75, 3.05) is 26.2 Å². The molecule has 76 valence electrons. The van der Waals surface area contributed by atoms with Gasteiger partial charge in [0, 0.05) is 25.4 Å². The second-order valence-corrected chi connectivity index (χ2v) is 3.94. The van der Waals surface area contributed by atoms with Crippen molar-refractivity contribution in [1.29, 1.82) is 0 Å². The van der Waals surface area contributed by atoms with E-state index >= 15 is 0 Å². The summed E-state index contributed by atoms with van der Waals surface area (Å²) in [6.07, 6.45) is 8.07. The molecule has 2 aliphatic heterocycles. The minimum absolute atomic E-state index is 0.653. The van der Waals surface area contributed by atoms with E-state index in [0.717, 1.165) is 19.4 Å². The van der Waals surface area contributed by atoms with Crippen LogP contribution in [-0.4, -0.2) is 36.9 Å². The molecule has 2 unspecified atom stereocenters. The number of fused-ring (bicyclic) bond motifs is 2. The fourth-order valence-corrected chi connectivity index (χ4v) is 2.08. The Hall–Kier alpha value is -1.01. The minimum atomic E-state index is 0.653. The third-order valence-electron chi connectivity index (χ3n) is 2.87. The Kier molecular flexibility index (Phi) is 3.05. The lowest BCUT2D eigenvalue weighted by Crippen LogP contribution is -2.23. The maximum absolute atomic E-state index is 5.24. The summed E-state index contributed by atoms with van der Waals surface area (Å²) in [5, 5.41) is 4.18. The van der Waals surface area contributed by atoms with E-state index in [1.165, 1.54) is 25.2 Å². The lowest BCUT2D eigenvalue weighted by Gasteiger charge is -2.12. The molecule has 0 aromatic carbocycles. The van der Waals surface area contributed by atoms with Crippen LogP contribution >= 0.6 is 0 Å². The second-order valence-electron chi connectivity index (χ2n) is 3.94. The Balaban J connectivity index is 1.69. The molecule has 14 heavy (non-hydrogen) atoms. The zero-order chi connectivity index (χ0) is 9.80. The molecule has 0 amide bonds. The van der Waals surface area contributed by atoms with Crippen molar-refractivity contribution >= 4 is 5.71 Å². The van der Waals surface area contributed by atoms with Crippen LogP contribution < -0.4 is 0 Å². The van der Waals surface area contributed by atoms with E-state index in [-0.39, 0.29) is 0 Å². The largest absolute Gasteiger partial charge is 0.396 e. The first-order valence-corrected chi connectivity index (χ1v) is 5.24. The van der Waals surface area contributed by atoms with E-state index < -0.39 is 0 Å². The maximum atomic E-state index is 5.24. The smallest absolute Gasteiger partial charge is 0.118 e. The molecule has 2 fully saturated rings. The van der Waals surface area contributed by atoms with E-state index in [9.17, 15) is 0 Å². The van der Waals surface area contributed by atoms with Crippen LogP contribution in [0.4, 0.5) is 0 Å². The van der Waals surface area contributed by atoms with Crippen LogP contribution in [0.25, 0.3) is 0 Å². The zero-order valence-electron chi connectivity index (χ0n) is 8.41. The number of hydrogen-bond acceptors (Lipinski definition) is 3. The highest BCUT2D eigenvalue weighted by atomic mass is 16.6. The van der Waals surface area contributed by atoms with Crippen molar-refractivity contribution in [2.24, 2.45) is 11.1 Å². The Labute approximate surface area is 85.1 Å². The number of rotatable bonds is 4. The van der Waals surface area contributed by atoms with Gasteiger partial charge >= 0.3 is 0 Å². The van der Waals surface area contributed by atoms with Gasteiger partial charge in [-0.15, -0.1) is 12.3 Å². The molecule has 0 N–H and O–H groups in total. The Morgan fingerprint density at radius 1 is 1.64 bits per heavy atom. The highest BCUT2D eigenvalue weighted by molar-refractivity contribution is 5.91. The van der Waals surface area contributed by atoms with Crippen molar-refractivity contribution in [1.82, 2.24) is 4.90 Å². The molecule has 3 nitrogen and oxygen atoms in total. The van der Waals surface area contributed by atoms with E-state index in [1.54, 1.807) is 0 Å². The van der Waals surface area contributed by atoms with Gasteiger partial charge in [0.1, 0.15) is 6.61 Å². The summed E-state index contributed by atoms with van der Waals surface area (Å²) in [6.45, 7) is 4.09. The van der Waals surface area contributed by atoms with Crippen LogP contribution in [0.15, 0.2) is 5.16 Å². The molecule has 3 heteroatoms. The van der Waals surface area contributed by atoms with Crippen LogP contribution in [0.5, 0.6) is 0 Å². The van der Waals surface area contributed by atoms with Crippen LogP contribution in [0.3, 0.4) is 0 Å². The molecule has 2 heterocycles. The molecule has 0 aliphatic carbocycles. The molecule has 0 saturated carbocycles. The first-order chi connectivity index (χ1) is 6.90. The standard InChI is InChI=1S/C11H16N2O/c1-2-3-4-7-14-12-11-9-13-6-5-10(11)8-13/h1,10H,3-9H2/b12-11+. The maximum Gasteiger partial charge on any atom is 0.118 e. The fourth-order valence-electron chi connectivity index (χ4n) is 2.08. The van der Waals surface area contributed by atoms with Gasteiger partial charge in [-0.05, 0) is 19.4 Å². The Morgan fingerprint density at radius 2 is 2.57 bits per heavy atom. The first-order valence-electron chi connectivity index (χ1n) is 5.24. The highest BCUT2D eigenvalue weighted by Crippen LogP contribution is 2.25. The SMILES string of the molecule is C#CCCCO/N=C1\CN2CCC1C2. The monoisotopic (exact) mass is 192 g/mol. The molecule has 2 aliphatic rings. The predicted molar refractivity (Wildman–Crippen MR) is 56.0 cm³/mol. The summed E-state index contributed by atoms with van der Waals surface area (Å²) in [5.74, 6) is 3.26. The molecule has 2 atom stereocenters. The van der Waals surface area contributed by atoms with Crippen molar-refractivity contribution in [2.45, 2.75) is 19.3 Å². The van der Waals surface area contributed by atoms with Crippen molar-refractivity contribution < 1.29 is 4.84 Å². The molecule has 0 aromatic heterocycles. The van der Waals surface area contributed by atoms with Gasteiger partial charge in [0.2, 0.25) is 0 Å². The zero-order valence-corrected chi connectivity index (χ0v) is 8.41. The number of unbranched alkanes of at least 4 members (excludes halogenated alkanes) is 1. The summed E-state index contributed by atoms with van der Waals surface area (Å²) in [4.78, 5) is 7.66. The summed E-state index contributed by atoms with van der Waals surface area (Å²) >= 11 is 0. The van der Waals surface area contributed by atoms with E-state index in [2.05, 4.69) is 16.0 Å². The third kappa shape index (κ3) is 2.08. The minimum Gasteiger partial charge on any atom is -0.396 e. The lowest BCUT2D eigenvalue weighted by atomic mass is 10.0. The molecular weight excluding hydrogens is 176 g/mol. The molecule has 0 radical (unpaired) electrons. The van der Waals surface area contributed by atoms with Crippen LogP contribution in [0.2, 0.25) is 0 Å². The van der Waals surface area contributed by atoms with Crippen molar-refractivity contribution in [3.8, 4) is 12.3 Å². The predicted octanol–water partition coefficient (Wildman–Crippen LogP) is 1.11. The summed E-state index contributed by atoms with van der Waals surface area (Å²) in [5.41, 5.74) is 1.23. The van der Waals surface area contributed by atoms with Gasteiger partial charge in [-0.25, -0.2) is 0 Å². The van der Waals surface area contributed by atoms with Gasteiger partial charge in [0.25, 0.3) is 0 Å². The van der Waals surface area contributed by atoms with E-state index in [4.69, 9.17) is 11.3 Å². The van der Waals surface area contributed by atoms with Crippen LogP contribution in [0, 0.1) is 18.3 Å². The molecule has 2 bridgehead atoms. The number of oxime groups is 1. The molecule has 2 saturated heterocycles. The summed E-state index contributed by atoms with van der Waals surface area (Å²) in [7, 11) is 0. The van der Waals surface area contributed by atoms with Gasteiger partial charge in [0.15, 0.2) is 0 Å². The van der Waals surface area contributed by atoms with Crippen LogP contribution in [0.1, 0.15) is 19.3 Å². The molecule has 0 spiro atoms. The van der Waals surface area contributed by atoms with Crippen molar-refractivity contribution in [3.63, 3.8) is 0 Å². The number of nitrogens with zero attached hydrogens (tertiary/aromatic N) is 2. The lowest BCUT2D eigenvalue weighted by molar-refractivity contribution is 0.140. The van der Waals surface area contributed by atoms with E-state index in [1.807, 2.05) is 0 Å². The van der Waals surface area contributed by atoms with Gasteiger partial charge < -0.3 is 4.84 Å². The number of hydrogen-bond donors (Lipinski definition) is 0. The highest BCUT2D eigenvalue weighted by Gasteiger charge is 2.35. The quantitative estimate of drug-likeness (QED) is 0.378. The molecule has 0 aromatic rings. The Morgan fingerprint density at radius 3 is 3.21 bits per heavy atom. The first kappa shape index (κ1) is 9.54. The van der Waals surface area contributed by atoms with Crippen molar-refractivity contribution in [3.05, 3.63) is 0 Å². The number of piperidine rings is 1. The normalized spacial score (nSPS) is 32.1. The van der Waals surface area contributed by atoms with Gasteiger partial charge in [0.05, 0.1) is 5.71 Å².